The van der Waals surface area contributed by atoms with Gasteiger partial charge in [-0.3, -0.25) is 10.0 Å². The Labute approximate surface area is 217 Å². The van der Waals surface area contributed by atoms with E-state index in [0.717, 1.165) is 58.4 Å². The van der Waals surface area contributed by atoms with E-state index >= 15 is 0 Å². The average Bonchev–Trinajstić information content (AvgIpc) is 3.58. The molecule has 1 aromatic carbocycles. The van der Waals surface area contributed by atoms with Crippen LogP contribution in [0.2, 0.25) is 0 Å². The number of carbonyl (C=O) groups is 1. The molecule has 0 spiro atoms. The summed E-state index contributed by atoms with van der Waals surface area (Å²) in [6, 6.07) is 8.50. The lowest BCUT2D eigenvalue weighted by atomic mass is 10.1. The molecule has 12 heteroatoms. The second kappa shape index (κ2) is 9.88. The molecule has 0 saturated carbocycles. The fraction of sp³-hybridized carbons (Fsp3) is 0.320. The van der Waals surface area contributed by atoms with Crippen molar-refractivity contribution < 1.29 is 14.7 Å². The number of hydrogen-bond donors (Lipinski definition) is 3. The van der Waals surface area contributed by atoms with Crippen LogP contribution in [-0.4, -0.2) is 70.9 Å². The van der Waals surface area contributed by atoms with E-state index < -0.39 is 5.91 Å². The maximum absolute atomic E-state index is 11.6. The first kappa shape index (κ1) is 23.5. The highest BCUT2D eigenvalue weighted by atomic mass is 32.1. The van der Waals surface area contributed by atoms with E-state index in [2.05, 4.69) is 44.5 Å². The lowest BCUT2D eigenvalue weighted by molar-refractivity contribution is 0.0705. The maximum Gasteiger partial charge on any atom is 0.277 e. The van der Waals surface area contributed by atoms with Gasteiger partial charge in [0.15, 0.2) is 11.6 Å². The molecule has 3 aromatic heterocycles. The molecule has 1 fully saturated rings. The molecule has 0 bridgehead atoms. The van der Waals surface area contributed by atoms with Crippen molar-refractivity contribution in [2.24, 2.45) is 0 Å². The van der Waals surface area contributed by atoms with Crippen LogP contribution >= 0.6 is 11.3 Å². The first-order valence-corrected chi connectivity index (χ1v) is 12.9. The van der Waals surface area contributed by atoms with E-state index in [4.69, 9.17) is 19.9 Å². The summed E-state index contributed by atoms with van der Waals surface area (Å²) in [6.07, 6.45) is 3.77. The summed E-state index contributed by atoms with van der Waals surface area (Å²) in [5, 5.41) is 12.2. The number of amides is 1. The highest BCUT2D eigenvalue weighted by molar-refractivity contribution is 7.19. The number of benzene rings is 1. The van der Waals surface area contributed by atoms with Gasteiger partial charge in [-0.2, -0.15) is 0 Å². The standard InChI is InChI=1S/C25H26N8O3S/c1-32(25-27-12-17(13-28-25)24(34)31-35)14-18-11-20-21(37-18)23(33-6-8-36-9-7-33)30-22(29-20)16-2-3-19-15(10-16)4-5-26-19/h2-3,10-13,26,35H,4-9,14H2,1H3,(H,31,34). The number of hydroxylamine groups is 1. The smallest absolute Gasteiger partial charge is 0.277 e. The van der Waals surface area contributed by atoms with Gasteiger partial charge in [0.05, 0.1) is 35.5 Å². The molecule has 37 heavy (non-hydrogen) atoms. The van der Waals surface area contributed by atoms with Crippen molar-refractivity contribution in [3.63, 3.8) is 0 Å². The summed E-state index contributed by atoms with van der Waals surface area (Å²) in [5.41, 5.74) is 6.18. The monoisotopic (exact) mass is 518 g/mol. The Morgan fingerprint density at radius 3 is 2.81 bits per heavy atom. The van der Waals surface area contributed by atoms with E-state index in [-0.39, 0.29) is 5.56 Å². The summed E-state index contributed by atoms with van der Waals surface area (Å²) in [7, 11) is 1.89. The van der Waals surface area contributed by atoms with Crippen LogP contribution < -0.4 is 20.6 Å². The minimum absolute atomic E-state index is 0.182. The van der Waals surface area contributed by atoms with Crippen molar-refractivity contribution in [1.82, 2.24) is 25.4 Å². The molecule has 0 unspecified atom stereocenters. The van der Waals surface area contributed by atoms with Gasteiger partial charge in [0, 0.05) is 55.2 Å². The van der Waals surface area contributed by atoms with Gasteiger partial charge in [0.2, 0.25) is 5.95 Å². The van der Waals surface area contributed by atoms with Gasteiger partial charge in [0.1, 0.15) is 0 Å². The molecular formula is C25H26N8O3S. The first-order chi connectivity index (χ1) is 18.1. The minimum Gasteiger partial charge on any atom is -0.384 e. The summed E-state index contributed by atoms with van der Waals surface area (Å²) >= 11 is 1.66. The quantitative estimate of drug-likeness (QED) is 0.259. The van der Waals surface area contributed by atoms with Gasteiger partial charge in [-0.1, -0.05) is 0 Å². The van der Waals surface area contributed by atoms with Gasteiger partial charge < -0.3 is 19.9 Å². The fourth-order valence-electron chi connectivity index (χ4n) is 4.61. The molecule has 2 aliphatic heterocycles. The Kier molecular flexibility index (Phi) is 6.28. The van der Waals surface area contributed by atoms with Gasteiger partial charge in [0.25, 0.3) is 5.91 Å². The molecule has 2 aliphatic rings. The van der Waals surface area contributed by atoms with E-state index in [1.807, 2.05) is 11.9 Å². The Balaban J connectivity index is 1.34. The third kappa shape index (κ3) is 4.66. The highest BCUT2D eigenvalue weighted by Crippen LogP contribution is 2.36. The van der Waals surface area contributed by atoms with Crippen LogP contribution in [0.15, 0.2) is 36.7 Å². The van der Waals surface area contributed by atoms with Crippen LogP contribution in [0.3, 0.4) is 0 Å². The lowest BCUT2D eigenvalue weighted by Crippen LogP contribution is -2.36. The number of rotatable bonds is 6. The van der Waals surface area contributed by atoms with Crippen LogP contribution in [0, 0.1) is 0 Å². The van der Waals surface area contributed by atoms with Crippen LogP contribution in [0.4, 0.5) is 17.5 Å². The Bertz CT molecular complexity index is 1450. The molecule has 190 valence electrons. The number of carbonyl (C=O) groups excluding carboxylic acids is 1. The first-order valence-electron chi connectivity index (χ1n) is 12.1. The third-order valence-electron chi connectivity index (χ3n) is 6.52. The van der Waals surface area contributed by atoms with Gasteiger partial charge >= 0.3 is 0 Å². The number of anilines is 3. The van der Waals surface area contributed by atoms with Crippen molar-refractivity contribution in [3.05, 3.63) is 52.7 Å². The molecule has 0 aliphatic carbocycles. The molecule has 1 saturated heterocycles. The average molecular weight is 519 g/mol. The number of nitrogens with one attached hydrogen (secondary N) is 2. The van der Waals surface area contributed by atoms with Crippen molar-refractivity contribution in [3.8, 4) is 11.4 Å². The molecule has 0 radical (unpaired) electrons. The lowest BCUT2D eigenvalue weighted by Gasteiger charge is -2.28. The molecule has 5 heterocycles. The Hall–Kier alpha value is -3.87. The topological polar surface area (TPSA) is 129 Å². The zero-order chi connectivity index (χ0) is 25.4. The SMILES string of the molecule is CN(Cc1cc2nc(-c3ccc4c(c3)CCN4)nc(N3CCOCC3)c2s1)c1ncc(C(=O)NO)cn1. The maximum atomic E-state index is 11.6. The van der Waals surface area contributed by atoms with Crippen LogP contribution in [0.1, 0.15) is 20.8 Å². The zero-order valence-electron chi connectivity index (χ0n) is 20.3. The predicted octanol–water partition coefficient (Wildman–Crippen LogP) is 2.71. The molecule has 3 N–H and O–H groups in total. The van der Waals surface area contributed by atoms with Crippen LogP contribution in [-0.2, 0) is 17.7 Å². The molecule has 4 aromatic rings. The predicted molar refractivity (Wildman–Crippen MR) is 141 cm³/mol. The number of hydrogen-bond acceptors (Lipinski definition) is 11. The van der Waals surface area contributed by atoms with Crippen molar-refractivity contribution in [2.45, 2.75) is 13.0 Å². The summed E-state index contributed by atoms with van der Waals surface area (Å²) in [6.45, 7) is 4.44. The second-order valence-corrected chi connectivity index (χ2v) is 10.2. The van der Waals surface area contributed by atoms with E-state index in [9.17, 15) is 4.79 Å². The number of thiophene rings is 1. The number of ether oxygens (including phenoxy) is 1. The number of morpholine rings is 1. The Morgan fingerprint density at radius 1 is 1.22 bits per heavy atom. The second-order valence-electron chi connectivity index (χ2n) is 9.01. The number of fused-ring (bicyclic) bond motifs is 2. The van der Waals surface area contributed by atoms with Crippen molar-refractivity contribution in [1.29, 1.82) is 0 Å². The molecule has 6 rings (SSSR count). The van der Waals surface area contributed by atoms with Crippen LogP contribution in [0.25, 0.3) is 21.6 Å². The summed E-state index contributed by atoms with van der Waals surface area (Å²) in [4.78, 5) is 35.4. The van der Waals surface area contributed by atoms with E-state index in [1.54, 1.807) is 16.8 Å². The molecule has 1 amide bonds. The fourth-order valence-corrected chi connectivity index (χ4v) is 5.78. The van der Waals surface area contributed by atoms with E-state index in [0.29, 0.717) is 25.7 Å². The molecule has 11 nitrogen and oxygen atoms in total. The summed E-state index contributed by atoms with van der Waals surface area (Å²) in [5.74, 6) is 1.49. The zero-order valence-corrected chi connectivity index (χ0v) is 21.1. The van der Waals surface area contributed by atoms with Crippen LogP contribution in [0.5, 0.6) is 0 Å². The third-order valence-corrected chi connectivity index (χ3v) is 7.63. The van der Waals surface area contributed by atoms with Gasteiger partial charge in [-0.15, -0.1) is 11.3 Å². The van der Waals surface area contributed by atoms with E-state index in [1.165, 1.54) is 23.6 Å². The van der Waals surface area contributed by atoms with Gasteiger partial charge in [-0.25, -0.2) is 25.4 Å². The Morgan fingerprint density at radius 2 is 2.03 bits per heavy atom. The van der Waals surface area contributed by atoms with Crippen molar-refractivity contribution >= 4 is 44.9 Å². The number of nitrogens with zero attached hydrogens (tertiary/aromatic N) is 6. The minimum atomic E-state index is -0.650. The highest BCUT2D eigenvalue weighted by Gasteiger charge is 2.22. The molecular weight excluding hydrogens is 492 g/mol. The largest absolute Gasteiger partial charge is 0.384 e. The number of aromatic nitrogens is 4. The summed E-state index contributed by atoms with van der Waals surface area (Å²) < 4.78 is 6.64. The molecule has 0 atom stereocenters. The normalized spacial score (nSPS) is 14.9. The van der Waals surface area contributed by atoms with Gasteiger partial charge in [-0.05, 0) is 36.2 Å². The van der Waals surface area contributed by atoms with Crippen molar-refractivity contribution in [2.75, 3.05) is 55.0 Å².